The number of aliphatic hydroxyl groups is 29. The van der Waals surface area contributed by atoms with Crippen molar-refractivity contribution >= 4 is 11.9 Å². The van der Waals surface area contributed by atoms with Gasteiger partial charge < -0.3 is 274 Å². The zero-order valence-corrected chi connectivity index (χ0v) is 73.8. The van der Waals surface area contributed by atoms with Crippen molar-refractivity contribution in [1.29, 1.82) is 0 Å². The van der Waals surface area contributed by atoms with Gasteiger partial charge in [-0.15, -0.1) is 0 Å². The lowest BCUT2D eigenvalue weighted by Gasteiger charge is -2.51. The topological polar surface area (TPSA) is 916 Å². The molecule has 25 unspecified atom stereocenters. The largest absolute Gasteiger partial charge is 0.477 e. The molecule has 786 valence electrons. The average molecular weight is 1980 g/mol. The summed E-state index contributed by atoms with van der Waals surface area (Å²) in [5.41, 5.74) is 12.0. The molecule has 11 aliphatic heterocycles. The Morgan fingerprint density at radius 3 is 0.978 bits per heavy atom. The second-order valence-corrected chi connectivity index (χ2v) is 35.9. The standard InChI is InChI=1S/C78H134N2O55/c1-20-24(5)116-33(15-87)56(40(20)94)125-67-21(2)41(95)57(34(16-88)121-67)126-70-53(107)62(129-74-66(52(106)47(101)30(12-84)120-74)131-68-22(3)42(96)58(35(17-89)122-68)127-71-54(108)63(48(102)31(13-85)117-71)134-77(75(110)111)7-25(90)38(79)60(132-77)44(98)27(92)9-81)50(104)36(123-70)19-115-73-65(51(105)46(100)29(11-83)119-73)130-69-23(4)43(97)59(37(124-69)18-114-6)128-72-55(109)64(49(103)32(14-86)118-72)135-78(76(112)113)8-26(91)39(80)61(133-78)45(99)28(93)10-82/h20-74,81-109H,7-19,79-80H2,1-6H3,(H,110,111)(H,112,113)/t20-,21+,22+,23?,24+,25-,26-,27?,28?,29?,30-,31?,32?,33?,34?,35?,36?,37+,38-,39-,40?,41?,42?,43?,44?,45?,46-,47-,48+,49+,50-,51?,52?,53-,54?,55?,56-,57-,58-,59-,60?,61?,62?,63+,64+,65-,66?,67+,68+,69+,70+,71+,72?,73+,74-,77+,78+/m1/s1. The van der Waals surface area contributed by atoms with Crippen LogP contribution in [-0.4, -0.2) is 574 Å². The highest BCUT2D eigenvalue weighted by Gasteiger charge is 2.65. The molecule has 57 atom stereocenters. The maximum atomic E-state index is 13.1. The fourth-order valence-corrected chi connectivity index (χ4v) is 18.3. The molecule has 0 spiro atoms. The van der Waals surface area contributed by atoms with E-state index in [9.17, 15) is 168 Å². The number of rotatable bonds is 38. The van der Waals surface area contributed by atoms with Crippen LogP contribution < -0.4 is 11.5 Å². The second kappa shape index (κ2) is 47.8. The number of hydrogen-bond donors (Lipinski definition) is 33. The maximum absolute atomic E-state index is 13.1. The molecule has 0 aromatic carbocycles. The third-order valence-corrected chi connectivity index (χ3v) is 27.0. The maximum Gasteiger partial charge on any atom is 0.364 e. The number of carboxylic acids is 2. The third kappa shape index (κ3) is 23.4. The second-order valence-electron chi connectivity index (χ2n) is 35.9. The summed E-state index contributed by atoms with van der Waals surface area (Å²) < 4.78 is 132. The van der Waals surface area contributed by atoms with E-state index in [1.807, 2.05) is 0 Å². The first kappa shape index (κ1) is 112. The monoisotopic (exact) mass is 1980 g/mol. The molecule has 0 bridgehead atoms. The van der Waals surface area contributed by atoms with Crippen molar-refractivity contribution in [2.24, 2.45) is 35.1 Å². The molecule has 135 heavy (non-hydrogen) atoms. The Bertz CT molecular complexity index is 3630. The fourth-order valence-electron chi connectivity index (χ4n) is 18.3. The number of carbonyl (C=O) groups is 2. The minimum Gasteiger partial charge on any atom is -0.477 e. The van der Waals surface area contributed by atoms with Gasteiger partial charge in [0.15, 0.2) is 50.3 Å². The third-order valence-electron chi connectivity index (χ3n) is 27.0. The van der Waals surface area contributed by atoms with Gasteiger partial charge in [-0.2, -0.15) is 0 Å². The number of aliphatic hydroxyl groups excluding tert-OH is 29. The molecule has 0 aromatic rings. The lowest BCUT2D eigenvalue weighted by Crippen LogP contribution is -2.70. The lowest BCUT2D eigenvalue weighted by molar-refractivity contribution is -0.404. The summed E-state index contributed by atoms with van der Waals surface area (Å²) in [5, 5.41) is 347. The molecule has 0 amide bonds. The van der Waals surface area contributed by atoms with Crippen LogP contribution in [0.2, 0.25) is 0 Å². The van der Waals surface area contributed by atoms with Gasteiger partial charge in [0.2, 0.25) is 0 Å². The first-order valence-electron chi connectivity index (χ1n) is 44.1. The van der Waals surface area contributed by atoms with Crippen molar-refractivity contribution in [3.63, 3.8) is 0 Å². The van der Waals surface area contributed by atoms with Gasteiger partial charge in [-0.25, -0.2) is 9.59 Å². The molecule has 0 aliphatic carbocycles. The zero-order chi connectivity index (χ0) is 99.7. The van der Waals surface area contributed by atoms with Crippen LogP contribution >= 0.6 is 0 Å². The van der Waals surface area contributed by atoms with E-state index in [1.165, 1.54) is 20.8 Å². The van der Waals surface area contributed by atoms with Crippen molar-refractivity contribution in [2.75, 3.05) is 79.8 Å². The molecule has 57 heteroatoms. The van der Waals surface area contributed by atoms with Crippen molar-refractivity contribution in [3.8, 4) is 0 Å². The van der Waals surface area contributed by atoms with Crippen LogP contribution in [0.1, 0.15) is 47.5 Å². The minimum absolute atomic E-state index is 0.584. The van der Waals surface area contributed by atoms with Crippen molar-refractivity contribution < 1.29 is 272 Å². The minimum atomic E-state index is -3.18. The Balaban J connectivity index is 0.854. The van der Waals surface area contributed by atoms with Crippen LogP contribution in [0.15, 0.2) is 0 Å². The van der Waals surface area contributed by atoms with Crippen LogP contribution in [0.25, 0.3) is 0 Å². The van der Waals surface area contributed by atoms with E-state index in [-0.39, 0.29) is 0 Å². The number of ether oxygens (including phenoxy) is 22. The quantitative estimate of drug-likeness (QED) is 0.0273. The highest BCUT2D eigenvalue weighted by atomic mass is 16.8. The molecule has 11 heterocycles. The Hall–Kier alpha value is -3.18. The number of aliphatic carboxylic acids is 2. The van der Waals surface area contributed by atoms with Gasteiger partial charge in [0.05, 0.1) is 127 Å². The summed E-state index contributed by atoms with van der Waals surface area (Å²) in [6.07, 6.45) is -99.6. The van der Waals surface area contributed by atoms with Crippen LogP contribution in [0, 0.1) is 23.7 Å². The molecule has 0 saturated carbocycles. The Morgan fingerprint density at radius 2 is 0.607 bits per heavy atom. The van der Waals surface area contributed by atoms with Crippen molar-refractivity contribution in [1.82, 2.24) is 0 Å². The SMILES string of the molecule is COC[C@@H]1O[C@@H](O[C@@H]2C(O)[C@H](O)C(CO)O[C@@H]2OCC2O[C@@H](O[C@@H]3C(CO)O[C@@H](O[C@@H]4C(CO)O[C@@H](C)[C@@H](C)C4O)[C@@H](C)C3O)[C@H](O)C(O[C@H]3O[C@H](CO)[C@@H](O)C(O)C3O[C@@H]3OC(CO)[C@@H](O[C@@H]4OC(CO)[C@H](O)[C@H](O[C@]5(C(=O)O)C[C@@H](O)[C@@H](N)C(C(O)C(O)CO)O5)C4O)C(O)[C@@H]3C)[C@@H]2O)C(C)C(O)[C@@H]1OC1OC(CO)[C@H](O)[C@H](O[C@]2(C(=O)O)C[C@@H](O)[C@@H](N)C(C(O)C(O)CO)O2)C1O. The Kier molecular flexibility index (Phi) is 39.7. The van der Waals surface area contributed by atoms with Gasteiger partial charge in [0, 0.05) is 43.6 Å². The summed E-state index contributed by atoms with van der Waals surface area (Å²) in [6, 6.07) is -3.31. The highest BCUT2D eigenvalue weighted by molar-refractivity contribution is 5.76. The predicted molar refractivity (Wildman–Crippen MR) is 422 cm³/mol. The Labute approximate surface area is 768 Å². The van der Waals surface area contributed by atoms with Crippen LogP contribution in [0.3, 0.4) is 0 Å². The van der Waals surface area contributed by atoms with Crippen molar-refractivity contribution in [2.45, 2.75) is 372 Å². The number of carboxylic acid groups (broad SMARTS) is 2. The predicted octanol–water partition coefficient (Wildman–Crippen LogP) is -19.8. The Morgan fingerprint density at radius 1 is 0.319 bits per heavy atom. The molecule has 11 rings (SSSR count). The number of methoxy groups -OCH3 is 1. The van der Waals surface area contributed by atoms with Gasteiger partial charge in [0.25, 0.3) is 11.6 Å². The average Bonchev–Trinajstić information content (AvgIpc) is 0.738. The number of nitrogens with two attached hydrogens (primary N) is 2. The molecule has 11 fully saturated rings. The van der Waals surface area contributed by atoms with Gasteiger partial charge in [-0.1, -0.05) is 27.7 Å². The van der Waals surface area contributed by atoms with Gasteiger partial charge in [-0.05, 0) is 6.92 Å². The van der Waals surface area contributed by atoms with Crippen LogP contribution in [0.5, 0.6) is 0 Å². The lowest BCUT2D eigenvalue weighted by atomic mass is 9.88. The first-order chi connectivity index (χ1) is 63.7. The van der Waals surface area contributed by atoms with Gasteiger partial charge in [-0.3, -0.25) is 0 Å². The van der Waals surface area contributed by atoms with E-state index in [1.54, 1.807) is 13.8 Å². The number of hydrogen-bond acceptors (Lipinski definition) is 55. The summed E-state index contributed by atoms with van der Waals surface area (Å²) in [4.78, 5) is 26.2. The molecule has 0 radical (unpaired) electrons. The molecule has 57 nitrogen and oxygen atoms in total. The summed E-state index contributed by atoms with van der Waals surface area (Å²) in [7, 11) is 1.15. The molecular weight excluding hydrogens is 1840 g/mol. The first-order valence-corrected chi connectivity index (χ1v) is 44.1. The van der Waals surface area contributed by atoms with Gasteiger partial charge in [0.1, 0.15) is 208 Å². The molecule has 11 aliphatic rings. The van der Waals surface area contributed by atoms with E-state index < -0.39 is 445 Å². The summed E-state index contributed by atoms with van der Waals surface area (Å²) in [6.45, 7) is -4.18. The van der Waals surface area contributed by atoms with Gasteiger partial charge >= 0.3 is 11.9 Å². The molecule has 0 aromatic heterocycles. The normalized spacial score (nSPS) is 50.7. The van der Waals surface area contributed by atoms with E-state index in [0.29, 0.717) is 0 Å². The van der Waals surface area contributed by atoms with E-state index in [0.717, 1.165) is 7.11 Å². The van der Waals surface area contributed by atoms with E-state index in [2.05, 4.69) is 0 Å². The molecule has 35 N–H and O–H groups in total. The fraction of sp³-hybridized carbons (Fsp3) is 0.974. The summed E-state index contributed by atoms with van der Waals surface area (Å²) in [5.74, 6) is -15.3. The highest BCUT2D eigenvalue weighted by Crippen LogP contribution is 2.46. The van der Waals surface area contributed by atoms with Crippen LogP contribution in [-0.2, 0) is 114 Å². The van der Waals surface area contributed by atoms with Crippen molar-refractivity contribution in [3.05, 3.63) is 0 Å². The zero-order valence-electron chi connectivity index (χ0n) is 73.8. The smallest absolute Gasteiger partial charge is 0.364 e. The summed E-state index contributed by atoms with van der Waals surface area (Å²) >= 11 is 0. The molecule has 11 saturated heterocycles. The van der Waals surface area contributed by atoms with E-state index in [4.69, 9.17) is 116 Å². The molecular formula is C78H134N2O55. The van der Waals surface area contributed by atoms with Crippen LogP contribution in [0.4, 0.5) is 0 Å². The van der Waals surface area contributed by atoms with E-state index >= 15 is 0 Å².